The number of hydrogen-bond donors (Lipinski definition) is 2. The molecule has 1 heterocycles. The molecule has 5 heteroatoms. The molecule has 0 saturated heterocycles. The zero-order chi connectivity index (χ0) is 12.4. The number of benzene rings is 1. The summed E-state index contributed by atoms with van der Waals surface area (Å²) >= 11 is 6.00. The Morgan fingerprint density at radius 3 is 2.76 bits per heavy atom. The number of carbonyl (C=O) groups is 1. The Hall–Kier alpha value is -1.94. The number of H-pyrrole nitrogens is 1. The van der Waals surface area contributed by atoms with Crippen LogP contribution < -0.4 is 4.74 Å². The third-order valence-corrected chi connectivity index (χ3v) is 2.72. The van der Waals surface area contributed by atoms with Crippen molar-refractivity contribution in [3.8, 4) is 16.9 Å². The van der Waals surface area contributed by atoms with Gasteiger partial charge >= 0.3 is 5.97 Å². The van der Waals surface area contributed by atoms with Gasteiger partial charge in [-0.05, 0) is 23.8 Å². The van der Waals surface area contributed by atoms with Gasteiger partial charge in [-0.1, -0.05) is 17.7 Å². The van der Waals surface area contributed by atoms with Crippen molar-refractivity contribution >= 4 is 17.6 Å². The second-order valence-electron chi connectivity index (χ2n) is 3.42. The molecule has 0 fully saturated rings. The number of aromatic nitrogens is 1. The van der Waals surface area contributed by atoms with Gasteiger partial charge in [0.1, 0.15) is 11.4 Å². The van der Waals surface area contributed by atoms with E-state index >= 15 is 0 Å². The monoisotopic (exact) mass is 251 g/mol. The molecule has 0 radical (unpaired) electrons. The molecule has 0 aliphatic carbocycles. The molecule has 0 saturated carbocycles. The fourth-order valence-corrected chi connectivity index (χ4v) is 1.88. The molecule has 0 bridgehead atoms. The van der Waals surface area contributed by atoms with Gasteiger partial charge < -0.3 is 14.8 Å². The lowest BCUT2D eigenvalue weighted by Crippen LogP contribution is -1.98. The molecular weight excluding hydrogens is 242 g/mol. The fraction of sp³-hybridized carbons (Fsp3) is 0.0833. The highest BCUT2D eigenvalue weighted by Gasteiger charge is 2.13. The number of carboxylic acid groups (broad SMARTS) is 1. The van der Waals surface area contributed by atoms with Gasteiger partial charge in [0.15, 0.2) is 0 Å². The molecule has 1 aromatic carbocycles. The fourth-order valence-electron chi connectivity index (χ4n) is 1.62. The minimum atomic E-state index is -1.00. The minimum absolute atomic E-state index is 0.145. The maximum absolute atomic E-state index is 11.0. The maximum Gasteiger partial charge on any atom is 0.352 e. The number of aromatic amines is 1. The highest BCUT2D eigenvalue weighted by atomic mass is 35.5. The Bertz CT molecular complexity index is 563. The predicted octanol–water partition coefficient (Wildman–Crippen LogP) is 3.04. The van der Waals surface area contributed by atoms with Crippen molar-refractivity contribution < 1.29 is 14.6 Å². The van der Waals surface area contributed by atoms with Crippen LogP contribution >= 0.6 is 11.6 Å². The van der Waals surface area contributed by atoms with E-state index in [1.807, 2.05) is 0 Å². The molecule has 88 valence electrons. The van der Waals surface area contributed by atoms with Crippen LogP contribution in [0.5, 0.6) is 5.75 Å². The topological polar surface area (TPSA) is 62.3 Å². The quantitative estimate of drug-likeness (QED) is 0.881. The highest BCUT2D eigenvalue weighted by Crippen LogP contribution is 2.31. The van der Waals surface area contributed by atoms with Crippen LogP contribution in [-0.4, -0.2) is 23.2 Å². The van der Waals surface area contributed by atoms with Gasteiger partial charge in [-0.25, -0.2) is 4.79 Å². The van der Waals surface area contributed by atoms with Crippen molar-refractivity contribution in [2.75, 3.05) is 7.11 Å². The van der Waals surface area contributed by atoms with Crippen LogP contribution in [0.25, 0.3) is 11.1 Å². The van der Waals surface area contributed by atoms with Crippen molar-refractivity contribution in [1.29, 1.82) is 0 Å². The number of ether oxygens (including phenoxy) is 1. The van der Waals surface area contributed by atoms with Crippen molar-refractivity contribution in [3.63, 3.8) is 0 Å². The third kappa shape index (κ3) is 2.12. The first-order valence-corrected chi connectivity index (χ1v) is 5.26. The van der Waals surface area contributed by atoms with E-state index in [9.17, 15) is 4.79 Å². The summed E-state index contributed by atoms with van der Waals surface area (Å²) in [6.45, 7) is 0. The number of carboxylic acids is 1. The molecule has 0 aliphatic heterocycles. The predicted molar refractivity (Wildman–Crippen MR) is 64.8 cm³/mol. The molecule has 0 spiro atoms. The number of hydrogen-bond acceptors (Lipinski definition) is 2. The second-order valence-corrected chi connectivity index (χ2v) is 3.83. The van der Waals surface area contributed by atoms with E-state index in [2.05, 4.69) is 4.98 Å². The number of rotatable bonds is 3. The number of nitrogens with one attached hydrogen (secondary N) is 1. The summed E-state index contributed by atoms with van der Waals surface area (Å²) in [6, 6.07) is 6.84. The average Bonchev–Trinajstić information content (AvgIpc) is 2.77. The molecule has 0 amide bonds. The van der Waals surface area contributed by atoms with Crippen LogP contribution in [0.15, 0.2) is 30.5 Å². The van der Waals surface area contributed by atoms with E-state index in [1.165, 1.54) is 7.11 Å². The summed E-state index contributed by atoms with van der Waals surface area (Å²) in [5, 5.41) is 9.44. The van der Waals surface area contributed by atoms with Crippen molar-refractivity contribution in [2.24, 2.45) is 0 Å². The number of aromatic carboxylic acids is 1. The second kappa shape index (κ2) is 4.51. The Morgan fingerprint density at radius 1 is 1.41 bits per heavy atom. The van der Waals surface area contributed by atoms with Crippen LogP contribution in [-0.2, 0) is 0 Å². The normalized spacial score (nSPS) is 10.2. The zero-order valence-electron chi connectivity index (χ0n) is 9.03. The van der Waals surface area contributed by atoms with E-state index in [-0.39, 0.29) is 5.69 Å². The third-order valence-electron chi connectivity index (χ3n) is 2.42. The summed E-state index contributed by atoms with van der Waals surface area (Å²) in [7, 11) is 1.53. The maximum atomic E-state index is 11.0. The van der Waals surface area contributed by atoms with Crippen LogP contribution in [0, 0.1) is 0 Å². The molecule has 0 aliphatic rings. The number of halogens is 1. The summed E-state index contributed by atoms with van der Waals surface area (Å²) < 4.78 is 5.04. The van der Waals surface area contributed by atoms with E-state index in [0.29, 0.717) is 16.3 Å². The van der Waals surface area contributed by atoms with Gasteiger partial charge in [-0.15, -0.1) is 0 Å². The van der Waals surface area contributed by atoms with E-state index < -0.39 is 5.97 Å². The summed E-state index contributed by atoms with van der Waals surface area (Å²) in [6.07, 6.45) is 1.58. The Kier molecular flexibility index (Phi) is 3.06. The van der Waals surface area contributed by atoms with E-state index in [0.717, 1.165) is 5.56 Å². The largest absolute Gasteiger partial charge is 0.495 e. The summed E-state index contributed by atoms with van der Waals surface area (Å²) in [4.78, 5) is 13.7. The van der Waals surface area contributed by atoms with Crippen LogP contribution in [0.1, 0.15) is 10.5 Å². The highest BCUT2D eigenvalue weighted by molar-refractivity contribution is 6.32. The first-order chi connectivity index (χ1) is 8.13. The van der Waals surface area contributed by atoms with Crippen LogP contribution in [0.2, 0.25) is 5.02 Å². The Balaban J connectivity index is 2.50. The van der Waals surface area contributed by atoms with Crippen molar-refractivity contribution in [2.45, 2.75) is 0 Å². The molecule has 4 nitrogen and oxygen atoms in total. The van der Waals surface area contributed by atoms with Gasteiger partial charge in [-0.2, -0.15) is 0 Å². The van der Waals surface area contributed by atoms with Crippen LogP contribution in [0.4, 0.5) is 0 Å². The minimum Gasteiger partial charge on any atom is -0.495 e. The first kappa shape index (κ1) is 11.5. The lowest BCUT2D eigenvalue weighted by atomic mass is 10.1. The van der Waals surface area contributed by atoms with E-state index in [1.54, 1.807) is 30.5 Å². The lowest BCUT2D eigenvalue weighted by molar-refractivity contribution is 0.0692. The Labute approximate surface area is 103 Å². The van der Waals surface area contributed by atoms with Gasteiger partial charge in [0.2, 0.25) is 0 Å². The van der Waals surface area contributed by atoms with Crippen molar-refractivity contribution in [3.05, 3.63) is 41.2 Å². The van der Waals surface area contributed by atoms with Gasteiger partial charge in [0.05, 0.1) is 12.1 Å². The molecule has 17 heavy (non-hydrogen) atoms. The molecule has 2 rings (SSSR count). The van der Waals surface area contributed by atoms with Crippen molar-refractivity contribution in [1.82, 2.24) is 4.98 Å². The first-order valence-electron chi connectivity index (χ1n) is 4.88. The molecule has 2 N–H and O–H groups in total. The Morgan fingerprint density at radius 2 is 2.18 bits per heavy atom. The van der Waals surface area contributed by atoms with Crippen LogP contribution in [0.3, 0.4) is 0 Å². The van der Waals surface area contributed by atoms with Gasteiger partial charge in [-0.3, -0.25) is 0 Å². The average molecular weight is 252 g/mol. The molecule has 1 aromatic heterocycles. The molecule has 2 aromatic rings. The lowest BCUT2D eigenvalue weighted by Gasteiger charge is -2.05. The zero-order valence-corrected chi connectivity index (χ0v) is 9.78. The summed E-state index contributed by atoms with van der Waals surface area (Å²) in [5.74, 6) is -0.445. The number of methoxy groups -OCH3 is 1. The van der Waals surface area contributed by atoms with Gasteiger partial charge in [0, 0.05) is 11.8 Å². The smallest absolute Gasteiger partial charge is 0.352 e. The standard InChI is InChI=1S/C12H10ClNO3/c1-17-10-3-2-7(6-9(10)13)8-4-5-14-11(8)12(15)16/h2-6,14H,1H3,(H,15,16). The molecular formula is C12H10ClNO3. The van der Waals surface area contributed by atoms with E-state index in [4.69, 9.17) is 21.4 Å². The molecule has 0 unspecified atom stereocenters. The molecule has 0 atom stereocenters. The summed E-state index contributed by atoms with van der Waals surface area (Å²) in [5.41, 5.74) is 1.47. The SMILES string of the molecule is COc1ccc(-c2cc[nH]c2C(=O)O)cc1Cl. The van der Waals surface area contributed by atoms with Gasteiger partial charge in [0.25, 0.3) is 0 Å².